The van der Waals surface area contributed by atoms with Crippen molar-refractivity contribution in [1.29, 1.82) is 0 Å². The summed E-state index contributed by atoms with van der Waals surface area (Å²) in [6.45, 7) is 7.44. The van der Waals surface area contributed by atoms with Crippen molar-refractivity contribution in [3.05, 3.63) is 66.1 Å². The molecule has 0 radical (unpaired) electrons. The Morgan fingerprint density at radius 2 is 1.96 bits per heavy atom. The molecule has 28 heavy (non-hydrogen) atoms. The minimum atomic E-state index is 0.0898. The fourth-order valence-electron chi connectivity index (χ4n) is 3.71. The van der Waals surface area contributed by atoms with Crippen LogP contribution < -0.4 is 10.2 Å². The Morgan fingerprint density at radius 1 is 1.11 bits per heavy atom. The van der Waals surface area contributed by atoms with E-state index in [2.05, 4.69) is 51.3 Å². The summed E-state index contributed by atoms with van der Waals surface area (Å²) in [4.78, 5) is 21.4. The Morgan fingerprint density at radius 3 is 2.79 bits per heavy atom. The number of benzene rings is 1. The lowest BCUT2D eigenvalue weighted by Crippen LogP contribution is -2.47. The fourth-order valence-corrected chi connectivity index (χ4v) is 3.71. The third-order valence-corrected chi connectivity index (χ3v) is 5.35. The van der Waals surface area contributed by atoms with Crippen molar-refractivity contribution in [3.63, 3.8) is 0 Å². The van der Waals surface area contributed by atoms with E-state index < -0.39 is 0 Å². The van der Waals surface area contributed by atoms with Crippen LogP contribution in [0.4, 0.5) is 5.69 Å². The molecule has 1 N–H and O–H groups in total. The van der Waals surface area contributed by atoms with Crippen molar-refractivity contribution in [3.8, 4) is 0 Å². The highest BCUT2D eigenvalue weighted by Gasteiger charge is 2.18. The zero-order valence-electron chi connectivity index (χ0n) is 16.3. The predicted octanol–water partition coefficient (Wildman–Crippen LogP) is 2.47. The highest BCUT2D eigenvalue weighted by atomic mass is 16.1. The number of carbonyl (C=O) groups excluding carboxylic acids is 1. The Hall–Kier alpha value is -2.86. The maximum absolute atomic E-state index is 12.3. The molecule has 3 heterocycles. The van der Waals surface area contributed by atoms with Crippen LogP contribution in [0.1, 0.15) is 17.7 Å². The molecule has 1 aliphatic heterocycles. The van der Waals surface area contributed by atoms with Gasteiger partial charge in [0.15, 0.2) is 0 Å². The van der Waals surface area contributed by atoms with Gasteiger partial charge in [-0.3, -0.25) is 9.69 Å². The van der Waals surface area contributed by atoms with Crippen LogP contribution in [0.5, 0.6) is 0 Å². The molecule has 0 saturated carbocycles. The van der Waals surface area contributed by atoms with Gasteiger partial charge in [0, 0.05) is 51.0 Å². The molecule has 1 fully saturated rings. The minimum Gasteiger partial charge on any atom is -0.369 e. The molecule has 6 heteroatoms. The van der Waals surface area contributed by atoms with Crippen molar-refractivity contribution in [2.75, 3.05) is 37.6 Å². The van der Waals surface area contributed by atoms with Crippen LogP contribution in [0.15, 0.2) is 54.9 Å². The van der Waals surface area contributed by atoms with Gasteiger partial charge in [-0.25, -0.2) is 4.98 Å². The Balaban J connectivity index is 1.20. The Bertz CT molecular complexity index is 943. The number of carbonyl (C=O) groups is 1. The number of fused-ring (bicyclic) bond motifs is 1. The second-order valence-corrected chi connectivity index (χ2v) is 7.37. The molecule has 6 nitrogen and oxygen atoms in total. The van der Waals surface area contributed by atoms with Crippen molar-refractivity contribution in [2.45, 2.75) is 19.9 Å². The molecule has 0 unspecified atom stereocenters. The molecule has 1 aliphatic rings. The van der Waals surface area contributed by atoms with E-state index in [0.717, 1.165) is 44.1 Å². The summed E-state index contributed by atoms with van der Waals surface area (Å²) >= 11 is 0. The van der Waals surface area contributed by atoms with Crippen LogP contribution >= 0.6 is 0 Å². The average molecular weight is 377 g/mol. The molecule has 0 spiro atoms. The zero-order valence-corrected chi connectivity index (χ0v) is 16.3. The summed E-state index contributed by atoms with van der Waals surface area (Å²) in [5.74, 6) is 0.0898. The number of rotatable bonds is 6. The number of hydrogen-bond acceptors (Lipinski definition) is 4. The Labute approximate surface area is 165 Å². The number of imidazole rings is 1. The largest absolute Gasteiger partial charge is 0.369 e. The summed E-state index contributed by atoms with van der Waals surface area (Å²) in [6, 6.07) is 14.6. The molecule has 0 aliphatic carbocycles. The SMILES string of the molecule is Cc1cccc(N2CCN(CCC(=O)NCc3cnc4ccccn34)CC2)c1. The zero-order chi connectivity index (χ0) is 19.3. The first kappa shape index (κ1) is 18.5. The summed E-state index contributed by atoms with van der Waals surface area (Å²) < 4.78 is 2.00. The number of nitrogens with one attached hydrogen (secondary N) is 1. The van der Waals surface area contributed by atoms with Gasteiger partial charge in [0.2, 0.25) is 5.91 Å². The average Bonchev–Trinajstić information content (AvgIpc) is 3.14. The number of aryl methyl sites for hydroxylation is 1. The van der Waals surface area contributed by atoms with Crippen LogP contribution in [0, 0.1) is 6.92 Å². The van der Waals surface area contributed by atoms with E-state index in [-0.39, 0.29) is 5.91 Å². The number of aromatic nitrogens is 2. The van der Waals surface area contributed by atoms with E-state index in [1.165, 1.54) is 11.3 Å². The molecular weight excluding hydrogens is 350 g/mol. The second kappa shape index (κ2) is 8.44. The first-order valence-corrected chi connectivity index (χ1v) is 9.91. The molecule has 1 saturated heterocycles. The maximum Gasteiger partial charge on any atom is 0.221 e. The van der Waals surface area contributed by atoms with Crippen molar-refractivity contribution in [1.82, 2.24) is 19.6 Å². The molecule has 3 aromatic rings. The van der Waals surface area contributed by atoms with E-state index in [1.54, 1.807) is 0 Å². The minimum absolute atomic E-state index is 0.0898. The number of anilines is 1. The third kappa shape index (κ3) is 4.34. The number of nitrogens with zero attached hydrogens (tertiary/aromatic N) is 4. The van der Waals surface area contributed by atoms with Gasteiger partial charge in [-0.05, 0) is 36.8 Å². The molecule has 1 amide bonds. The van der Waals surface area contributed by atoms with Gasteiger partial charge in [0.1, 0.15) is 5.65 Å². The first-order chi connectivity index (χ1) is 13.7. The van der Waals surface area contributed by atoms with Crippen LogP contribution in [-0.2, 0) is 11.3 Å². The maximum atomic E-state index is 12.3. The highest BCUT2D eigenvalue weighted by Crippen LogP contribution is 2.17. The normalized spacial score (nSPS) is 15.1. The van der Waals surface area contributed by atoms with Crippen molar-refractivity contribution >= 4 is 17.2 Å². The highest BCUT2D eigenvalue weighted by molar-refractivity contribution is 5.76. The predicted molar refractivity (Wildman–Crippen MR) is 111 cm³/mol. The van der Waals surface area contributed by atoms with Crippen LogP contribution in [0.25, 0.3) is 5.65 Å². The van der Waals surface area contributed by atoms with E-state index in [1.807, 2.05) is 35.0 Å². The van der Waals surface area contributed by atoms with E-state index in [4.69, 9.17) is 0 Å². The summed E-state index contributed by atoms with van der Waals surface area (Å²) in [5, 5.41) is 3.02. The van der Waals surface area contributed by atoms with Gasteiger partial charge in [-0.15, -0.1) is 0 Å². The number of pyridine rings is 1. The van der Waals surface area contributed by atoms with Gasteiger partial charge >= 0.3 is 0 Å². The van der Waals surface area contributed by atoms with Gasteiger partial charge in [0.05, 0.1) is 18.4 Å². The molecule has 0 atom stereocenters. The van der Waals surface area contributed by atoms with Gasteiger partial charge in [0.25, 0.3) is 0 Å². The standard InChI is InChI=1S/C22H27N5O/c1-18-5-4-6-19(15-18)26-13-11-25(12-14-26)10-8-22(28)24-17-20-16-23-21-7-2-3-9-27(20)21/h2-7,9,15-16H,8,10-14,17H2,1H3,(H,24,28). The van der Waals surface area contributed by atoms with Crippen molar-refractivity contribution < 1.29 is 4.79 Å². The first-order valence-electron chi connectivity index (χ1n) is 9.91. The van der Waals surface area contributed by atoms with E-state index in [0.29, 0.717) is 13.0 Å². The summed E-state index contributed by atoms with van der Waals surface area (Å²) in [5.41, 5.74) is 4.49. The van der Waals surface area contributed by atoms with Crippen LogP contribution in [-0.4, -0.2) is 52.9 Å². The summed E-state index contributed by atoms with van der Waals surface area (Å²) in [7, 11) is 0. The molecule has 4 rings (SSSR count). The number of amides is 1. The molecule has 0 bridgehead atoms. The van der Waals surface area contributed by atoms with Crippen LogP contribution in [0.2, 0.25) is 0 Å². The van der Waals surface area contributed by atoms with Gasteiger partial charge < -0.3 is 14.6 Å². The smallest absolute Gasteiger partial charge is 0.221 e. The van der Waals surface area contributed by atoms with E-state index >= 15 is 0 Å². The lowest BCUT2D eigenvalue weighted by atomic mass is 10.2. The fraction of sp³-hybridized carbons (Fsp3) is 0.364. The van der Waals surface area contributed by atoms with Crippen LogP contribution in [0.3, 0.4) is 0 Å². The van der Waals surface area contributed by atoms with E-state index in [9.17, 15) is 4.79 Å². The van der Waals surface area contributed by atoms with Crippen molar-refractivity contribution in [2.24, 2.45) is 0 Å². The quantitative estimate of drug-likeness (QED) is 0.717. The van der Waals surface area contributed by atoms with Gasteiger partial charge in [-0.2, -0.15) is 0 Å². The van der Waals surface area contributed by atoms with Gasteiger partial charge in [-0.1, -0.05) is 18.2 Å². The third-order valence-electron chi connectivity index (χ3n) is 5.35. The lowest BCUT2D eigenvalue weighted by Gasteiger charge is -2.36. The number of hydrogen-bond donors (Lipinski definition) is 1. The lowest BCUT2D eigenvalue weighted by molar-refractivity contribution is -0.121. The summed E-state index contributed by atoms with van der Waals surface area (Å²) in [6.07, 6.45) is 4.32. The molecule has 146 valence electrons. The topological polar surface area (TPSA) is 52.9 Å². The monoisotopic (exact) mass is 377 g/mol. The molecular formula is C22H27N5O. The molecule has 1 aromatic carbocycles. The Kier molecular flexibility index (Phi) is 5.58. The second-order valence-electron chi connectivity index (χ2n) is 7.37. The number of piperazine rings is 1. The molecule has 2 aromatic heterocycles.